The van der Waals surface area contributed by atoms with Crippen molar-refractivity contribution in [3.63, 3.8) is 0 Å². The van der Waals surface area contributed by atoms with Gasteiger partial charge in [0.1, 0.15) is 13.2 Å². The number of rotatable bonds is 49. The van der Waals surface area contributed by atoms with E-state index in [9.17, 15) is 14.4 Å². The van der Waals surface area contributed by atoms with Gasteiger partial charge in [0.15, 0.2) is 6.10 Å². The SMILES string of the molecule is CC/C=C\C/C=C\C/C=C\C/C=C\C/C=C\CCCCCC(=O)OCC(COC(=O)CCCC/C=C\C/C=C\C/C=C\C/C=C\CC)OC(=O)CCCCCCCCCCCCCCCCCC. The highest BCUT2D eigenvalue weighted by Crippen LogP contribution is 2.15. The number of allylic oxidation sites excluding steroid dienone is 18. The lowest BCUT2D eigenvalue weighted by molar-refractivity contribution is -0.167. The van der Waals surface area contributed by atoms with E-state index in [1.807, 2.05) is 0 Å². The normalized spacial score (nSPS) is 12.9. The van der Waals surface area contributed by atoms with Crippen LogP contribution in [-0.2, 0) is 28.6 Å². The summed E-state index contributed by atoms with van der Waals surface area (Å²) in [5.74, 6) is -0.978. The third kappa shape index (κ3) is 53.0. The average molecular weight is 943 g/mol. The number of hydrogen-bond donors (Lipinski definition) is 0. The van der Waals surface area contributed by atoms with Gasteiger partial charge in [-0.15, -0.1) is 0 Å². The molecule has 0 aromatic heterocycles. The zero-order valence-corrected chi connectivity index (χ0v) is 44.1. The minimum atomic E-state index is -0.809. The number of carbonyl (C=O) groups excluding carboxylic acids is 3. The highest BCUT2D eigenvalue weighted by Gasteiger charge is 2.19. The summed E-state index contributed by atoms with van der Waals surface area (Å²) in [5, 5.41) is 0. The maximum atomic E-state index is 12.8. The van der Waals surface area contributed by atoms with Gasteiger partial charge in [0.25, 0.3) is 0 Å². The van der Waals surface area contributed by atoms with Crippen molar-refractivity contribution in [1.29, 1.82) is 0 Å². The average Bonchev–Trinajstić information content (AvgIpc) is 3.34. The van der Waals surface area contributed by atoms with Crippen molar-refractivity contribution in [2.45, 2.75) is 252 Å². The standard InChI is InChI=1S/C62H102O6/c1-4-7-10-13-16-19-22-25-28-30-31-32-35-37-40-43-46-49-52-55-61(64)67-58-59(57-66-60(63)54-51-48-45-42-39-36-33-27-24-21-18-15-12-9-6-3)68-62(65)56-53-50-47-44-41-38-34-29-26-23-20-17-14-11-8-5-2/h7,9-10,12,16,18-19,21,25,27-28,31-33,37,39-40,42,59H,4-6,8,11,13-15,17,20,22-24,26,29-30,34-36,38,41,43-58H2,1-3H3/b10-7-,12-9-,19-16-,21-18-,28-25-,32-31-,33-27-,40-37-,42-39-. The molecule has 0 amide bonds. The molecule has 1 atom stereocenters. The van der Waals surface area contributed by atoms with Gasteiger partial charge in [0.05, 0.1) is 0 Å². The number of hydrogen-bond acceptors (Lipinski definition) is 6. The number of esters is 3. The fourth-order valence-corrected chi connectivity index (χ4v) is 7.40. The van der Waals surface area contributed by atoms with Crippen molar-refractivity contribution in [1.82, 2.24) is 0 Å². The van der Waals surface area contributed by atoms with Crippen LogP contribution in [0.1, 0.15) is 245 Å². The summed E-state index contributed by atoms with van der Waals surface area (Å²) in [6.07, 6.45) is 75.1. The Bertz CT molecular complexity index is 1410. The predicted molar refractivity (Wildman–Crippen MR) is 293 cm³/mol. The molecule has 0 N–H and O–H groups in total. The Morgan fingerprint density at radius 3 is 0.926 bits per heavy atom. The molecule has 0 bridgehead atoms. The second-order valence-electron chi connectivity index (χ2n) is 18.1. The summed E-state index contributed by atoms with van der Waals surface area (Å²) in [6.45, 7) is 6.35. The zero-order chi connectivity index (χ0) is 49.3. The summed E-state index contributed by atoms with van der Waals surface area (Å²) in [5.41, 5.74) is 0. The molecule has 0 fully saturated rings. The highest BCUT2D eigenvalue weighted by molar-refractivity contribution is 5.71. The molecule has 6 nitrogen and oxygen atoms in total. The molecule has 0 spiro atoms. The largest absolute Gasteiger partial charge is 0.462 e. The molecule has 0 saturated heterocycles. The molecule has 68 heavy (non-hydrogen) atoms. The van der Waals surface area contributed by atoms with Gasteiger partial charge in [0, 0.05) is 19.3 Å². The van der Waals surface area contributed by atoms with Crippen LogP contribution in [0.3, 0.4) is 0 Å². The molecule has 0 aliphatic heterocycles. The van der Waals surface area contributed by atoms with Crippen LogP contribution in [0, 0.1) is 0 Å². The predicted octanol–water partition coefficient (Wildman–Crippen LogP) is 18.7. The van der Waals surface area contributed by atoms with E-state index in [0.717, 1.165) is 122 Å². The lowest BCUT2D eigenvalue weighted by Gasteiger charge is -2.18. The lowest BCUT2D eigenvalue weighted by atomic mass is 10.0. The summed E-state index contributed by atoms with van der Waals surface area (Å²) in [6, 6.07) is 0. The van der Waals surface area contributed by atoms with E-state index in [-0.39, 0.29) is 31.1 Å². The first-order valence-electron chi connectivity index (χ1n) is 27.9. The fourth-order valence-electron chi connectivity index (χ4n) is 7.40. The monoisotopic (exact) mass is 943 g/mol. The van der Waals surface area contributed by atoms with Gasteiger partial charge in [-0.1, -0.05) is 233 Å². The maximum Gasteiger partial charge on any atom is 0.306 e. The third-order valence-corrected chi connectivity index (χ3v) is 11.5. The molecule has 0 rings (SSSR count). The van der Waals surface area contributed by atoms with Crippen LogP contribution in [-0.4, -0.2) is 37.2 Å². The van der Waals surface area contributed by atoms with Gasteiger partial charge < -0.3 is 14.2 Å². The molecule has 0 aliphatic carbocycles. The summed E-state index contributed by atoms with van der Waals surface area (Å²) < 4.78 is 16.8. The Morgan fingerprint density at radius 1 is 0.309 bits per heavy atom. The van der Waals surface area contributed by atoms with Crippen LogP contribution < -0.4 is 0 Å². The minimum Gasteiger partial charge on any atom is -0.462 e. The Labute approximate surface area is 419 Å². The van der Waals surface area contributed by atoms with Crippen LogP contribution in [0.2, 0.25) is 0 Å². The van der Waals surface area contributed by atoms with E-state index in [0.29, 0.717) is 19.3 Å². The Morgan fingerprint density at radius 2 is 0.574 bits per heavy atom. The van der Waals surface area contributed by atoms with Gasteiger partial charge in [-0.05, 0) is 103 Å². The van der Waals surface area contributed by atoms with Gasteiger partial charge in [0.2, 0.25) is 0 Å². The first-order valence-corrected chi connectivity index (χ1v) is 27.9. The summed E-state index contributed by atoms with van der Waals surface area (Å²) in [4.78, 5) is 38.1. The minimum absolute atomic E-state index is 0.108. The Balaban J connectivity index is 4.50. The first-order chi connectivity index (χ1) is 33.5. The van der Waals surface area contributed by atoms with E-state index in [4.69, 9.17) is 14.2 Å². The topological polar surface area (TPSA) is 78.9 Å². The molecular weight excluding hydrogens is 841 g/mol. The van der Waals surface area contributed by atoms with Crippen LogP contribution in [0.15, 0.2) is 109 Å². The van der Waals surface area contributed by atoms with Crippen LogP contribution >= 0.6 is 0 Å². The van der Waals surface area contributed by atoms with Crippen molar-refractivity contribution >= 4 is 17.9 Å². The van der Waals surface area contributed by atoms with Crippen molar-refractivity contribution in [2.24, 2.45) is 0 Å². The molecule has 0 heterocycles. The van der Waals surface area contributed by atoms with Gasteiger partial charge >= 0.3 is 17.9 Å². The lowest BCUT2D eigenvalue weighted by Crippen LogP contribution is -2.30. The van der Waals surface area contributed by atoms with Crippen molar-refractivity contribution in [3.8, 4) is 0 Å². The Kier molecular flexibility index (Phi) is 52.4. The zero-order valence-electron chi connectivity index (χ0n) is 44.1. The molecule has 0 aromatic rings. The number of carbonyl (C=O) groups is 3. The van der Waals surface area contributed by atoms with Crippen LogP contribution in [0.5, 0.6) is 0 Å². The Hall–Kier alpha value is -3.93. The summed E-state index contributed by atoms with van der Waals surface area (Å²) in [7, 11) is 0. The first kappa shape index (κ1) is 64.1. The van der Waals surface area contributed by atoms with E-state index < -0.39 is 6.10 Å². The quantitative estimate of drug-likeness (QED) is 0.0262. The third-order valence-electron chi connectivity index (χ3n) is 11.5. The smallest absolute Gasteiger partial charge is 0.306 e. The second-order valence-corrected chi connectivity index (χ2v) is 18.1. The van der Waals surface area contributed by atoms with Gasteiger partial charge in [-0.3, -0.25) is 14.4 Å². The van der Waals surface area contributed by atoms with E-state index in [1.54, 1.807) is 0 Å². The number of ether oxygens (including phenoxy) is 3. The molecule has 1 unspecified atom stereocenters. The molecule has 0 radical (unpaired) electrons. The highest BCUT2D eigenvalue weighted by atomic mass is 16.6. The molecule has 0 saturated carbocycles. The van der Waals surface area contributed by atoms with Crippen molar-refractivity contribution in [2.75, 3.05) is 13.2 Å². The summed E-state index contributed by atoms with van der Waals surface area (Å²) >= 11 is 0. The van der Waals surface area contributed by atoms with Crippen molar-refractivity contribution < 1.29 is 28.6 Å². The number of unbranched alkanes of at least 4 members (excludes halogenated alkanes) is 20. The molecule has 386 valence electrons. The molecule has 0 aromatic carbocycles. The van der Waals surface area contributed by atoms with Crippen molar-refractivity contribution in [3.05, 3.63) is 109 Å². The van der Waals surface area contributed by atoms with E-state index >= 15 is 0 Å². The van der Waals surface area contributed by atoms with Gasteiger partial charge in [-0.2, -0.15) is 0 Å². The fraction of sp³-hybridized carbons (Fsp3) is 0.661. The van der Waals surface area contributed by atoms with E-state index in [2.05, 4.69) is 130 Å². The van der Waals surface area contributed by atoms with Crippen LogP contribution in [0.4, 0.5) is 0 Å². The molecular formula is C62H102O6. The van der Waals surface area contributed by atoms with Gasteiger partial charge in [-0.25, -0.2) is 0 Å². The second kappa shape index (κ2) is 55.7. The maximum absolute atomic E-state index is 12.8. The molecule has 6 heteroatoms. The van der Waals surface area contributed by atoms with E-state index in [1.165, 1.54) is 83.5 Å². The molecule has 0 aliphatic rings. The van der Waals surface area contributed by atoms with Crippen LogP contribution in [0.25, 0.3) is 0 Å².